The van der Waals surface area contributed by atoms with Crippen LogP contribution in [0.25, 0.3) is 5.76 Å². The van der Waals surface area contributed by atoms with Gasteiger partial charge in [0.05, 0.1) is 18.2 Å². The van der Waals surface area contributed by atoms with E-state index in [-0.39, 0.29) is 28.4 Å². The zero-order valence-electron chi connectivity index (χ0n) is 27.2. The number of hydrogen-bond donors (Lipinski definition) is 1. The number of nitrogens with zero attached hydrogens (tertiary/aromatic N) is 3. The van der Waals surface area contributed by atoms with E-state index in [0.29, 0.717) is 52.4 Å². The number of ketones is 1. The first kappa shape index (κ1) is 33.3. The Labute approximate surface area is 296 Å². The van der Waals surface area contributed by atoms with Gasteiger partial charge in [0.2, 0.25) is 5.13 Å². The summed E-state index contributed by atoms with van der Waals surface area (Å²) in [5.74, 6) is -0.200. The molecule has 9 nitrogen and oxygen atoms in total. The Morgan fingerprint density at radius 3 is 2.56 bits per heavy atom. The van der Waals surface area contributed by atoms with Crippen LogP contribution in [0.15, 0.2) is 101 Å². The summed E-state index contributed by atoms with van der Waals surface area (Å²) in [6.45, 7) is 4.46. The van der Waals surface area contributed by atoms with Gasteiger partial charge in [-0.3, -0.25) is 14.5 Å². The van der Waals surface area contributed by atoms with Gasteiger partial charge in [-0.2, -0.15) is 0 Å². The summed E-state index contributed by atoms with van der Waals surface area (Å²) >= 11 is 2.53. The van der Waals surface area contributed by atoms with Crippen molar-refractivity contribution in [3.63, 3.8) is 0 Å². The first-order valence-corrected chi connectivity index (χ1v) is 17.8. The Kier molecular flexibility index (Phi) is 9.55. The average molecular weight is 710 g/mol. The van der Waals surface area contributed by atoms with Gasteiger partial charge in [0.1, 0.15) is 30.0 Å². The molecule has 5 aromatic rings. The molecule has 0 aliphatic carbocycles. The highest BCUT2D eigenvalue weighted by atomic mass is 32.2. The number of aliphatic hydroxyl groups excluding tert-OH is 1. The largest absolute Gasteiger partial charge is 0.507 e. The van der Waals surface area contributed by atoms with E-state index in [1.165, 1.54) is 28.8 Å². The maximum atomic E-state index is 13.9. The van der Waals surface area contributed by atoms with Crippen LogP contribution in [0.1, 0.15) is 47.7 Å². The van der Waals surface area contributed by atoms with Crippen molar-refractivity contribution in [3.8, 4) is 17.2 Å². The Morgan fingerprint density at radius 2 is 1.78 bits per heavy atom. The number of aromatic nitrogens is 2. The number of hydrogen-bond acceptors (Lipinski definition) is 10. The Bertz CT molecular complexity index is 2090. The maximum absolute atomic E-state index is 13.9. The van der Waals surface area contributed by atoms with Crippen molar-refractivity contribution in [3.05, 3.63) is 130 Å². The minimum atomic E-state index is -1.05. The average Bonchev–Trinajstić information content (AvgIpc) is 3.82. The first-order chi connectivity index (χ1) is 24.3. The number of benzene rings is 4. The van der Waals surface area contributed by atoms with Gasteiger partial charge in [-0.25, -0.2) is 4.39 Å². The smallest absolute Gasteiger partial charge is 0.301 e. The fraction of sp³-hybridized carbons (Fsp3) is 0.211. The molecule has 2 atom stereocenters. The molecule has 0 saturated carbocycles. The highest BCUT2D eigenvalue weighted by Crippen LogP contribution is 2.46. The lowest BCUT2D eigenvalue weighted by molar-refractivity contribution is -0.132. The molecule has 7 rings (SSSR count). The second-order valence-corrected chi connectivity index (χ2v) is 14.0. The molecule has 0 unspecified atom stereocenters. The molecular weight excluding hydrogens is 678 g/mol. The number of Topliss-reactive ketones (excluding diaryl/α,β-unsaturated/α-hetero) is 1. The van der Waals surface area contributed by atoms with Crippen molar-refractivity contribution in [2.75, 3.05) is 11.5 Å². The van der Waals surface area contributed by atoms with Gasteiger partial charge < -0.3 is 19.3 Å². The second-order valence-electron chi connectivity index (χ2n) is 11.8. The fourth-order valence-electron chi connectivity index (χ4n) is 5.97. The van der Waals surface area contributed by atoms with Crippen molar-refractivity contribution in [2.45, 2.75) is 49.1 Å². The van der Waals surface area contributed by atoms with E-state index in [2.05, 4.69) is 10.2 Å². The van der Waals surface area contributed by atoms with Gasteiger partial charge in [0, 0.05) is 17.7 Å². The Balaban J connectivity index is 1.27. The summed E-state index contributed by atoms with van der Waals surface area (Å²) in [5, 5.41) is 20.6. The van der Waals surface area contributed by atoms with Crippen LogP contribution in [0.4, 0.5) is 9.52 Å². The van der Waals surface area contributed by atoms with Crippen molar-refractivity contribution < 1.29 is 33.3 Å². The summed E-state index contributed by atoms with van der Waals surface area (Å²) in [4.78, 5) is 29.0. The molecular formula is C38H32FN3O6S2. The molecule has 1 amide bonds. The molecule has 0 spiro atoms. The van der Waals surface area contributed by atoms with Crippen LogP contribution < -0.4 is 19.1 Å². The lowest BCUT2D eigenvalue weighted by Gasteiger charge is -2.24. The SMILES string of the molecule is CCOc1cc([C@@H]2C(=C(O)c3ccc4c(c3)C[C@@H](C)O4)C(=O)C(=O)N2c2nnc(SCc3ccc(F)cc3)s2)ccc1OCc1ccccc1. The summed E-state index contributed by atoms with van der Waals surface area (Å²) in [7, 11) is 0. The molecule has 1 saturated heterocycles. The van der Waals surface area contributed by atoms with Gasteiger partial charge in [0.25, 0.3) is 5.78 Å². The van der Waals surface area contributed by atoms with Crippen molar-refractivity contribution in [1.82, 2.24) is 10.2 Å². The van der Waals surface area contributed by atoms with Crippen molar-refractivity contribution in [1.29, 1.82) is 0 Å². The topological polar surface area (TPSA) is 111 Å². The minimum Gasteiger partial charge on any atom is -0.507 e. The maximum Gasteiger partial charge on any atom is 0.301 e. The van der Waals surface area contributed by atoms with Crippen LogP contribution in [0.5, 0.6) is 17.2 Å². The standard InChI is InChI=1S/C38H32FN3O6S2/c1-3-46-31-19-25(11-16-30(31)47-20-23-7-5-4-6-8-23)33-32(34(43)26-12-15-29-27(18-26)17-22(2)48-29)35(44)36(45)42(33)37-40-41-38(50-37)49-21-24-9-13-28(39)14-10-24/h4-16,18-19,22,33,43H,3,17,20-21H2,1-2H3/t22-,33-/m1/s1. The molecule has 4 aromatic carbocycles. The predicted molar refractivity (Wildman–Crippen MR) is 189 cm³/mol. The lowest BCUT2D eigenvalue weighted by atomic mass is 9.94. The van der Waals surface area contributed by atoms with E-state index in [1.807, 2.05) is 44.2 Å². The summed E-state index contributed by atoms with van der Waals surface area (Å²) in [6, 6.07) is 25.3. The Morgan fingerprint density at radius 1 is 0.980 bits per heavy atom. The number of rotatable bonds is 11. The zero-order valence-corrected chi connectivity index (χ0v) is 28.8. The van der Waals surface area contributed by atoms with E-state index >= 15 is 0 Å². The second kappa shape index (κ2) is 14.3. The van der Waals surface area contributed by atoms with E-state index in [0.717, 1.165) is 33.8 Å². The molecule has 2 aliphatic rings. The first-order valence-electron chi connectivity index (χ1n) is 16.0. The summed E-state index contributed by atoms with van der Waals surface area (Å²) in [6.07, 6.45) is 0.639. The van der Waals surface area contributed by atoms with E-state index in [9.17, 15) is 19.1 Å². The minimum absolute atomic E-state index is 0.0138. The van der Waals surface area contributed by atoms with Gasteiger partial charge in [-0.05, 0) is 78.6 Å². The van der Waals surface area contributed by atoms with Gasteiger partial charge in [0.15, 0.2) is 15.8 Å². The molecule has 1 N–H and O–H groups in total. The third-order valence-electron chi connectivity index (χ3n) is 8.31. The lowest BCUT2D eigenvalue weighted by Crippen LogP contribution is -2.29. The van der Waals surface area contributed by atoms with Crippen molar-refractivity contribution in [2.24, 2.45) is 0 Å². The molecule has 0 radical (unpaired) electrons. The third-order valence-corrected chi connectivity index (χ3v) is 10.4. The molecule has 0 bridgehead atoms. The molecule has 2 aliphatic heterocycles. The number of carbonyl (C=O) groups is 2. The zero-order chi connectivity index (χ0) is 34.8. The summed E-state index contributed by atoms with van der Waals surface area (Å²) < 4.78 is 31.9. The number of halogens is 1. The highest BCUT2D eigenvalue weighted by Gasteiger charge is 2.48. The number of amides is 1. The van der Waals surface area contributed by atoms with Crippen molar-refractivity contribution >= 4 is 45.7 Å². The van der Waals surface area contributed by atoms with Crippen LogP contribution in [0.3, 0.4) is 0 Å². The predicted octanol–water partition coefficient (Wildman–Crippen LogP) is 7.90. The highest BCUT2D eigenvalue weighted by molar-refractivity contribution is 8.00. The monoisotopic (exact) mass is 709 g/mol. The van der Waals surface area contributed by atoms with Crippen LogP contribution in [0, 0.1) is 5.82 Å². The fourth-order valence-corrected chi connectivity index (χ4v) is 7.79. The van der Waals surface area contributed by atoms with Crippen LogP contribution in [0.2, 0.25) is 0 Å². The number of carbonyl (C=O) groups excluding carboxylic acids is 2. The molecule has 12 heteroatoms. The number of fused-ring (bicyclic) bond motifs is 1. The van der Waals surface area contributed by atoms with Gasteiger partial charge in [-0.1, -0.05) is 71.6 Å². The molecule has 254 valence electrons. The Hall–Kier alpha value is -5.20. The summed E-state index contributed by atoms with van der Waals surface area (Å²) in [5.41, 5.74) is 3.59. The molecule has 3 heterocycles. The van der Waals surface area contributed by atoms with Crippen LogP contribution >= 0.6 is 23.1 Å². The van der Waals surface area contributed by atoms with E-state index in [1.54, 1.807) is 48.5 Å². The number of anilines is 1. The normalized spacial score (nSPS) is 17.9. The van der Waals surface area contributed by atoms with E-state index in [4.69, 9.17) is 14.2 Å². The molecule has 50 heavy (non-hydrogen) atoms. The third kappa shape index (κ3) is 6.81. The van der Waals surface area contributed by atoms with E-state index < -0.39 is 17.7 Å². The van der Waals surface area contributed by atoms with Gasteiger partial charge in [-0.15, -0.1) is 10.2 Å². The van der Waals surface area contributed by atoms with Crippen LogP contribution in [-0.4, -0.2) is 39.7 Å². The number of ether oxygens (including phenoxy) is 3. The van der Waals surface area contributed by atoms with Crippen LogP contribution in [-0.2, 0) is 28.4 Å². The number of thioether (sulfide) groups is 1. The van der Waals surface area contributed by atoms with Gasteiger partial charge >= 0.3 is 5.91 Å². The number of aliphatic hydroxyl groups is 1. The molecule has 1 fully saturated rings. The quantitative estimate of drug-likeness (QED) is 0.0481. The molecule has 1 aromatic heterocycles.